The lowest BCUT2D eigenvalue weighted by atomic mass is 9.56. The van der Waals surface area contributed by atoms with Gasteiger partial charge in [-0.05, 0) is 58.4 Å². The smallest absolute Gasteiger partial charge is 0.0409 e. The highest BCUT2D eigenvalue weighted by Gasteiger charge is 2.51. The number of hydrogen-bond acceptors (Lipinski definition) is 0. The summed E-state index contributed by atoms with van der Waals surface area (Å²) in [5.74, 6) is 0.469. The molecule has 2 aliphatic carbocycles. The zero-order chi connectivity index (χ0) is 22.4. The van der Waals surface area contributed by atoms with E-state index in [4.69, 9.17) is 0 Å². The van der Waals surface area contributed by atoms with Crippen LogP contribution in [0.15, 0.2) is 121 Å². The molecule has 6 rings (SSSR count). The topological polar surface area (TPSA) is 0 Å². The minimum atomic E-state index is -0.256. The zero-order valence-electron chi connectivity index (χ0n) is 19.2. The zero-order valence-corrected chi connectivity index (χ0v) is 19.2. The van der Waals surface area contributed by atoms with E-state index < -0.39 is 0 Å². The molecule has 0 aliphatic heterocycles. The molecule has 0 aromatic heterocycles. The molecule has 0 unspecified atom stereocenters. The van der Waals surface area contributed by atoms with Crippen LogP contribution in [-0.2, 0) is 5.41 Å². The highest BCUT2D eigenvalue weighted by Crippen LogP contribution is 2.61. The number of fused-ring (bicyclic) bond motifs is 3. The lowest BCUT2D eigenvalue weighted by molar-refractivity contribution is 0.395. The average molecular weight is 425 g/mol. The van der Waals surface area contributed by atoms with Crippen molar-refractivity contribution in [2.75, 3.05) is 0 Å². The van der Waals surface area contributed by atoms with E-state index in [1.165, 1.54) is 44.5 Å². The summed E-state index contributed by atoms with van der Waals surface area (Å²) in [5.41, 5.74) is 10.9. The molecule has 0 spiro atoms. The molecular formula is C33H28. The molecule has 0 nitrogen and oxygen atoms in total. The Labute approximate surface area is 196 Å². The first kappa shape index (κ1) is 20.0. The average Bonchev–Trinajstić information content (AvgIpc) is 3.50. The van der Waals surface area contributed by atoms with Gasteiger partial charge in [-0.25, -0.2) is 0 Å². The fraction of sp³-hybridized carbons (Fsp3) is 0.152. The van der Waals surface area contributed by atoms with Crippen LogP contribution in [0.3, 0.4) is 0 Å². The van der Waals surface area contributed by atoms with Gasteiger partial charge < -0.3 is 0 Å². The fourth-order valence-corrected chi connectivity index (χ4v) is 6.44. The van der Waals surface area contributed by atoms with Gasteiger partial charge in [-0.1, -0.05) is 121 Å². The van der Waals surface area contributed by atoms with Crippen molar-refractivity contribution in [2.24, 2.45) is 5.92 Å². The molecule has 160 valence electrons. The van der Waals surface area contributed by atoms with Crippen molar-refractivity contribution in [3.05, 3.63) is 155 Å². The van der Waals surface area contributed by atoms with E-state index in [2.05, 4.69) is 135 Å². The summed E-state index contributed by atoms with van der Waals surface area (Å²) < 4.78 is 0. The first-order valence-electron chi connectivity index (χ1n) is 11.9. The molecule has 0 N–H and O–H groups in total. The van der Waals surface area contributed by atoms with E-state index in [-0.39, 0.29) is 17.3 Å². The molecule has 0 fully saturated rings. The van der Waals surface area contributed by atoms with Crippen LogP contribution in [0, 0.1) is 19.8 Å². The van der Waals surface area contributed by atoms with Gasteiger partial charge in [-0.15, -0.1) is 0 Å². The standard InChI is InChI=1S/C33H28/c1-23-13-11-21-28-30(23)31-24(2)14-12-22-29(31)32(28)33(27-19-9-10-20-27,25-15-5-3-6-16-25)26-17-7-4-8-18-26/h3-22,27,32H,1-2H3. The van der Waals surface area contributed by atoms with Crippen molar-refractivity contribution in [1.29, 1.82) is 0 Å². The second kappa shape index (κ2) is 7.74. The van der Waals surface area contributed by atoms with E-state index in [0.717, 1.165) is 0 Å². The van der Waals surface area contributed by atoms with Gasteiger partial charge in [-0.3, -0.25) is 0 Å². The summed E-state index contributed by atoms with van der Waals surface area (Å²) in [6, 6.07) is 36.1. The molecular weight excluding hydrogens is 396 g/mol. The highest BCUT2D eigenvalue weighted by atomic mass is 14.5. The normalized spacial score (nSPS) is 15.1. The Morgan fingerprint density at radius 1 is 0.515 bits per heavy atom. The van der Waals surface area contributed by atoms with Gasteiger partial charge >= 0.3 is 0 Å². The van der Waals surface area contributed by atoms with Gasteiger partial charge in [0.2, 0.25) is 0 Å². The number of benzene rings is 4. The lowest BCUT2D eigenvalue weighted by Crippen LogP contribution is -2.40. The molecule has 0 amide bonds. The van der Waals surface area contributed by atoms with Gasteiger partial charge in [0.15, 0.2) is 0 Å². The minimum absolute atomic E-state index is 0.212. The largest absolute Gasteiger partial charge is 0.0764 e. The Kier molecular flexibility index (Phi) is 4.69. The Morgan fingerprint density at radius 2 is 0.970 bits per heavy atom. The van der Waals surface area contributed by atoms with Crippen LogP contribution < -0.4 is 0 Å². The van der Waals surface area contributed by atoms with Crippen LogP contribution in [-0.4, -0.2) is 0 Å². The van der Waals surface area contributed by atoms with Crippen LogP contribution in [0.1, 0.15) is 39.3 Å². The summed E-state index contributed by atoms with van der Waals surface area (Å²) in [5, 5.41) is 0. The number of hydrogen-bond donors (Lipinski definition) is 0. The predicted octanol–water partition coefficient (Wildman–Crippen LogP) is 8.14. The lowest BCUT2D eigenvalue weighted by Gasteiger charge is -2.45. The summed E-state index contributed by atoms with van der Waals surface area (Å²) in [4.78, 5) is 0. The minimum Gasteiger partial charge on any atom is -0.0764 e. The van der Waals surface area contributed by atoms with Gasteiger partial charge in [0.1, 0.15) is 0 Å². The third-order valence-corrected chi connectivity index (χ3v) is 7.71. The summed E-state index contributed by atoms with van der Waals surface area (Å²) in [6.07, 6.45) is 9.22. The summed E-state index contributed by atoms with van der Waals surface area (Å²) >= 11 is 0. The van der Waals surface area contributed by atoms with Crippen molar-refractivity contribution in [3.63, 3.8) is 0 Å². The third-order valence-electron chi connectivity index (χ3n) is 7.71. The molecule has 4 aromatic carbocycles. The van der Waals surface area contributed by atoms with Crippen molar-refractivity contribution in [2.45, 2.75) is 25.2 Å². The van der Waals surface area contributed by atoms with E-state index in [0.29, 0.717) is 0 Å². The van der Waals surface area contributed by atoms with E-state index in [1.807, 2.05) is 0 Å². The highest BCUT2D eigenvalue weighted by molar-refractivity contribution is 5.85. The Hall–Kier alpha value is -3.64. The van der Waals surface area contributed by atoms with Gasteiger partial charge in [0.25, 0.3) is 0 Å². The third kappa shape index (κ3) is 2.84. The number of rotatable bonds is 4. The second-order valence-corrected chi connectivity index (χ2v) is 9.41. The Balaban J connectivity index is 1.78. The molecule has 33 heavy (non-hydrogen) atoms. The maximum absolute atomic E-state index is 2.39. The predicted molar refractivity (Wildman–Crippen MR) is 139 cm³/mol. The Morgan fingerprint density at radius 3 is 1.42 bits per heavy atom. The van der Waals surface area contributed by atoms with Crippen molar-refractivity contribution < 1.29 is 0 Å². The molecule has 4 aromatic rings. The molecule has 0 heteroatoms. The van der Waals surface area contributed by atoms with Crippen LogP contribution >= 0.6 is 0 Å². The molecule has 0 heterocycles. The first-order valence-corrected chi connectivity index (χ1v) is 11.9. The molecule has 0 atom stereocenters. The van der Waals surface area contributed by atoms with E-state index >= 15 is 0 Å². The van der Waals surface area contributed by atoms with Crippen molar-refractivity contribution >= 4 is 0 Å². The monoisotopic (exact) mass is 424 g/mol. The van der Waals surface area contributed by atoms with Crippen LogP contribution in [0.25, 0.3) is 11.1 Å². The van der Waals surface area contributed by atoms with Crippen LogP contribution in [0.2, 0.25) is 0 Å². The molecule has 0 saturated heterocycles. The SMILES string of the molecule is Cc1cccc2c1-c1c(C)cccc1C2C(c1ccccc1)(c1ccccc1)C1C=CC=C1. The summed E-state index contributed by atoms with van der Waals surface area (Å²) in [7, 11) is 0. The quantitative estimate of drug-likeness (QED) is 0.310. The molecule has 0 bridgehead atoms. The first-order chi connectivity index (χ1) is 16.2. The van der Waals surface area contributed by atoms with Crippen molar-refractivity contribution in [3.8, 4) is 11.1 Å². The second-order valence-electron chi connectivity index (χ2n) is 9.41. The van der Waals surface area contributed by atoms with Crippen molar-refractivity contribution in [1.82, 2.24) is 0 Å². The maximum atomic E-state index is 2.39. The van der Waals surface area contributed by atoms with Gasteiger partial charge in [-0.2, -0.15) is 0 Å². The van der Waals surface area contributed by atoms with Gasteiger partial charge in [0, 0.05) is 17.3 Å². The van der Waals surface area contributed by atoms with E-state index in [1.54, 1.807) is 0 Å². The molecule has 0 radical (unpaired) electrons. The van der Waals surface area contributed by atoms with Crippen LogP contribution in [0.4, 0.5) is 0 Å². The molecule has 2 aliphatic rings. The maximum Gasteiger partial charge on any atom is 0.0409 e. The Bertz CT molecular complexity index is 1270. The van der Waals surface area contributed by atoms with Crippen LogP contribution in [0.5, 0.6) is 0 Å². The van der Waals surface area contributed by atoms with E-state index in [9.17, 15) is 0 Å². The van der Waals surface area contributed by atoms with Gasteiger partial charge in [0.05, 0.1) is 0 Å². The fourth-order valence-electron chi connectivity index (χ4n) is 6.44. The number of aryl methyl sites for hydroxylation is 2. The molecule has 0 saturated carbocycles. The summed E-state index contributed by atoms with van der Waals surface area (Å²) in [6.45, 7) is 4.53. The number of allylic oxidation sites excluding steroid dienone is 4.